The van der Waals surface area contributed by atoms with Crippen molar-refractivity contribution in [2.24, 2.45) is 0 Å². The molecule has 2 N–H and O–H groups in total. The summed E-state index contributed by atoms with van der Waals surface area (Å²) in [6.45, 7) is 4.04. The van der Waals surface area contributed by atoms with Crippen LogP contribution in [0.1, 0.15) is 78.1 Å². The zero-order valence-corrected chi connectivity index (χ0v) is 10.5. The highest BCUT2D eigenvalue weighted by molar-refractivity contribution is 4.61. The average Bonchev–Trinajstić information content (AvgIpc) is 2.22. The maximum atomic E-state index is 9.35. The van der Waals surface area contributed by atoms with Crippen LogP contribution in [0.3, 0.4) is 0 Å². The predicted octanol–water partition coefficient (Wildman–Crippen LogP) is 3.61. The Hall–Kier alpha value is -0.0800. The van der Waals surface area contributed by atoms with Crippen molar-refractivity contribution in [2.45, 2.75) is 83.8 Å². The van der Waals surface area contributed by atoms with E-state index < -0.39 is 5.79 Å². The van der Waals surface area contributed by atoms with Gasteiger partial charge in [0.05, 0.1) is 0 Å². The van der Waals surface area contributed by atoms with E-state index in [4.69, 9.17) is 0 Å². The van der Waals surface area contributed by atoms with Crippen molar-refractivity contribution in [3.8, 4) is 0 Å². The monoisotopic (exact) mass is 216 g/mol. The Kier molecular flexibility index (Phi) is 9.12. The molecule has 0 aromatic rings. The topological polar surface area (TPSA) is 40.5 Å². The van der Waals surface area contributed by atoms with Crippen molar-refractivity contribution in [1.82, 2.24) is 0 Å². The van der Waals surface area contributed by atoms with Crippen LogP contribution in [0.4, 0.5) is 0 Å². The summed E-state index contributed by atoms with van der Waals surface area (Å²) in [6.07, 6.45) is 10.9. The molecule has 0 radical (unpaired) electrons. The van der Waals surface area contributed by atoms with E-state index in [0.29, 0.717) is 12.8 Å². The van der Waals surface area contributed by atoms with E-state index in [0.717, 1.165) is 12.8 Å². The summed E-state index contributed by atoms with van der Waals surface area (Å²) in [5.74, 6) is -1.41. The van der Waals surface area contributed by atoms with Crippen molar-refractivity contribution in [3.63, 3.8) is 0 Å². The van der Waals surface area contributed by atoms with Gasteiger partial charge < -0.3 is 10.2 Å². The van der Waals surface area contributed by atoms with Gasteiger partial charge in [-0.05, 0) is 12.8 Å². The van der Waals surface area contributed by atoms with Gasteiger partial charge in [-0.3, -0.25) is 0 Å². The molecule has 0 spiro atoms. The molecule has 0 saturated heterocycles. The van der Waals surface area contributed by atoms with Crippen molar-refractivity contribution in [1.29, 1.82) is 0 Å². The van der Waals surface area contributed by atoms with Crippen LogP contribution in [0.25, 0.3) is 0 Å². The first-order chi connectivity index (χ1) is 7.12. The fourth-order valence-corrected chi connectivity index (χ4v) is 1.72. The van der Waals surface area contributed by atoms with E-state index in [1.54, 1.807) is 0 Å². The second-order valence-corrected chi connectivity index (χ2v) is 4.56. The molecule has 0 unspecified atom stereocenters. The van der Waals surface area contributed by atoms with Gasteiger partial charge in [0.25, 0.3) is 0 Å². The number of unbranched alkanes of at least 4 members (excludes halogenated alkanes) is 7. The molecule has 15 heavy (non-hydrogen) atoms. The number of hydrogen-bond donors (Lipinski definition) is 2. The number of aliphatic hydroxyl groups is 2. The van der Waals surface area contributed by atoms with Gasteiger partial charge in [0, 0.05) is 6.42 Å². The Labute approximate surface area is 94.7 Å². The molecule has 0 aromatic carbocycles. The second kappa shape index (κ2) is 9.17. The van der Waals surface area contributed by atoms with E-state index in [9.17, 15) is 10.2 Å². The summed E-state index contributed by atoms with van der Waals surface area (Å²) in [7, 11) is 0. The molecule has 0 aliphatic heterocycles. The van der Waals surface area contributed by atoms with Gasteiger partial charge in [0.1, 0.15) is 0 Å². The minimum atomic E-state index is -1.41. The molecular weight excluding hydrogens is 188 g/mol. The molecule has 0 aliphatic rings. The van der Waals surface area contributed by atoms with Crippen molar-refractivity contribution >= 4 is 0 Å². The van der Waals surface area contributed by atoms with Crippen LogP contribution in [-0.4, -0.2) is 16.0 Å². The molecule has 0 saturated carbocycles. The third-order valence-corrected chi connectivity index (χ3v) is 3.00. The fraction of sp³-hybridized carbons (Fsp3) is 1.00. The molecule has 0 amide bonds. The van der Waals surface area contributed by atoms with Crippen LogP contribution in [0, 0.1) is 0 Å². The highest BCUT2D eigenvalue weighted by atomic mass is 16.5. The third-order valence-electron chi connectivity index (χ3n) is 3.00. The highest BCUT2D eigenvalue weighted by Crippen LogP contribution is 2.16. The summed E-state index contributed by atoms with van der Waals surface area (Å²) < 4.78 is 0. The normalized spacial score (nSPS) is 12.0. The van der Waals surface area contributed by atoms with Gasteiger partial charge in [-0.15, -0.1) is 0 Å². The van der Waals surface area contributed by atoms with Crippen LogP contribution in [0.5, 0.6) is 0 Å². The van der Waals surface area contributed by atoms with Crippen molar-refractivity contribution in [3.05, 3.63) is 0 Å². The lowest BCUT2D eigenvalue weighted by atomic mass is 10.0. The summed E-state index contributed by atoms with van der Waals surface area (Å²) in [5, 5.41) is 18.7. The van der Waals surface area contributed by atoms with E-state index in [2.05, 4.69) is 6.92 Å². The zero-order valence-electron chi connectivity index (χ0n) is 10.5. The molecule has 0 aromatic heterocycles. The first-order valence-electron chi connectivity index (χ1n) is 6.57. The van der Waals surface area contributed by atoms with Crippen LogP contribution >= 0.6 is 0 Å². The van der Waals surface area contributed by atoms with Gasteiger partial charge >= 0.3 is 0 Å². The van der Waals surface area contributed by atoms with Crippen molar-refractivity contribution in [2.75, 3.05) is 0 Å². The summed E-state index contributed by atoms with van der Waals surface area (Å²) in [6, 6.07) is 0. The Morgan fingerprint density at radius 2 is 1.20 bits per heavy atom. The maximum absolute atomic E-state index is 9.35. The summed E-state index contributed by atoms with van der Waals surface area (Å²) in [4.78, 5) is 0. The van der Waals surface area contributed by atoms with E-state index >= 15 is 0 Å². The highest BCUT2D eigenvalue weighted by Gasteiger charge is 2.18. The number of hydrogen-bond acceptors (Lipinski definition) is 2. The Balaban J connectivity index is 3.11. The smallest absolute Gasteiger partial charge is 0.162 e. The van der Waals surface area contributed by atoms with Crippen LogP contribution in [-0.2, 0) is 0 Å². The maximum Gasteiger partial charge on any atom is 0.162 e. The molecule has 0 heterocycles. The minimum absolute atomic E-state index is 0.434. The molecular formula is C13H28O2. The predicted molar refractivity (Wildman–Crippen MR) is 64.7 cm³/mol. The fourth-order valence-electron chi connectivity index (χ4n) is 1.72. The third kappa shape index (κ3) is 10.2. The molecule has 0 fully saturated rings. The zero-order chi connectivity index (χ0) is 11.6. The van der Waals surface area contributed by atoms with Crippen LogP contribution in [0.15, 0.2) is 0 Å². The van der Waals surface area contributed by atoms with Crippen molar-refractivity contribution < 1.29 is 10.2 Å². The molecule has 0 bridgehead atoms. The lowest BCUT2D eigenvalue weighted by Crippen LogP contribution is -2.26. The first-order valence-corrected chi connectivity index (χ1v) is 6.57. The molecule has 0 rings (SSSR count). The van der Waals surface area contributed by atoms with Gasteiger partial charge in [-0.25, -0.2) is 0 Å². The van der Waals surface area contributed by atoms with E-state index in [1.807, 2.05) is 6.92 Å². The standard InChI is InChI=1S/C13H28O2/c1-3-5-6-7-8-9-10-11-12-13(14,15)4-2/h14-15H,3-12H2,1-2H3. The summed E-state index contributed by atoms with van der Waals surface area (Å²) >= 11 is 0. The minimum Gasteiger partial charge on any atom is -0.366 e. The summed E-state index contributed by atoms with van der Waals surface area (Å²) in [5.41, 5.74) is 0. The lowest BCUT2D eigenvalue weighted by Gasteiger charge is -2.19. The van der Waals surface area contributed by atoms with Gasteiger partial charge in [-0.1, -0.05) is 58.8 Å². The number of rotatable bonds is 10. The van der Waals surface area contributed by atoms with Gasteiger partial charge in [0.15, 0.2) is 5.79 Å². The molecule has 0 aliphatic carbocycles. The largest absolute Gasteiger partial charge is 0.366 e. The van der Waals surface area contributed by atoms with Gasteiger partial charge in [-0.2, -0.15) is 0 Å². The van der Waals surface area contributed by atoms with Crippen LogP contribution in [0.2, 0.25) is 0 Å². The Bertz CT molecular complexity index is 132. The van der Waals surface area contributed by atoms with E-state index in [-0.39, 0.29) is 0 Å². The Morgan fingerprint density at radius 1 is 0.733 bits per heavy atom. The van der Waals surface area contributed by atoms with Gasteiger partial charge in [0.2, 0.25) is 0 Å². The molecule has 92 valence electrons. The SMILES string of the molecule is CCCCCCCCCCC(O)(O)CC. The molecule has 0 atom stereocenters. The molecule has 2 nitrogen and oxygen atoms in total. The second-order valence-electron chi connectivity index (χ2n) is 4.56. The quantitative estimate of drug-likeness (QED) is 0.432. The lowest BCUT2D eigenvalue weighted by molar-refractivity contribution is -0.167. The Morgan fingerprint density at radius 3 is 1.67 bits per heavy atom. The average molecular weight is 216 g/mol. The first kappa shape index (κ1) is 14.9. The molecule has 2 heteroatoms. The van der Waals surface area contributed by atoms with E-state index in [1.165, 1.54) is 38.5 Å². The van der Waals surface area contributed by atoms with Crippen LogP contribution < -0.4 is 0 Å².